The number of nitro groups is 1. The van der Waals surface area contributed by atoms with Crippen LogP contribution in [0.25, 0.3) is 0 Å². The van der Waals surface area contributed by atoms with E-state index in [0.717, 1.165) is 4.57 Å². The van der Waals surface area contributed by atoms with Crippen molar-refractivity contribution in [2.75, 3.05) is 6.61 Å². The zero-order valence-electron chi connectivity index (χ0n) is 8.58. The third-order valence-electron chi connectivity index (χ3n) is 2.60. The Morgan fingerprint density at radius 1 is 1.53 bits per heavy atom. The number of aliphatic hydroxyl groups excluding tert-OH is 3. The van der Waals surface area contributed by atoms with E-state index in [1.54, 1.807) is 0 Å². The van der Waals surface area contributed by atoms with Crippen LogP contribution in [0, 0.1) is 10.1 Å². The summed E-state index contributed by atoms with van der Waals surface area (Å²) in [6.07, 6.45) is -2.32. The number of ether oxygens (including phenoxy) is 1. The highest BCUT2D eigenvalue weighted by Gasteiger charge is 2.46. The number of aromatic nitrogens is 2. The lowest BCUT2D eigenvalue weighted by atomic mass is 10.1. The van der Waals surface area contributed by atoms with Crippen molar-refractivity contribution in [2.45, 2.75) is 24.5 Å². The highest BCUT2D eigenvalue weighted by atomic mass is 16.6. The molecule has 2 heterocycles. The molecule has 1 aromatic rings. The third kappa shape index (κ3) is 1.89. The van der Waals surface area contributed by atoms with Crippen LogP contribution < -0.4 is 0 Å². The average Bonchev–Trinajstić information content (AvgIpc) is 2.86. The molecular formula is C8H11N3O6. The van der Waals surface area contributed by atoms with Crippen LogP contribution in [0.3, 0.4) is 0 Å². The van der Waals surface area contributed by atoms with Crippen LogP contribution in [0.1, 0.15) is 6.23 Å². The SMILES string of the molecule is O=[N+]([O-])c1nccn1[C@@H]1O[C@@H](CO)[C@@H](O)[C@@H]1O. The van der Waals surface area contributed by atoms with Gasteiger partial charge in [-0.15, -0.1) is 0 Å². The quantitative estimate of drug-likeness (QED) is 0.431. The normalized spacial score (nSPS) is 32.9. The highest BCUT2D eigenvalue weighted by molar-refractivity contribution is 5.09. The van der Waals surface area contributed by atoms with Gasteiger partial charge in [0.25, 0.3) is 0 Å². The Kier molecular flexibility index (Phi) is 3.07. The van der Waals surface area contributed by atoms with Crippen LogP contribution in [0.2, 0.25) is 0 Å². The second-order valence-corrected chi connectivity index (χ2v) is 3.62. The Morgan fingerprint density at radius 3 is 2.76 bits per heavy atom. The van der Waals surface area contributed by atoms with Gasteiger partial charge in [0, 0.05) is 0 Å². The lowest BCUT2D eigenvalue weighted by Gasteiger charge is -2.13. The molecule has 0 spiro atoms. The predicted octanol–water partition coefficient (Wildman–Crippen LogP) is -1.60. The van der Waals surface area contributed by atoms with E-state index in [1.807, 2.05) is 0 Å². The Balaban J connectivity index is 2.29. The number of nitrogens with zero attached hydrogens (tertiary/aromatic N) is 3. The van der Waals surface area contributed by atoms with Gasteiger partial charge in [0.1, 0.15) is 30.7 Å². The van der Waals surface area contributed by atoms with E-state index in [4.69, 9.17) is 9.84 Å². The summed E-state index contributed by atoms with van der Waals surface area (Å²) < 4.78 is 6.14. The van der Waals surface area contributed by atoms with E-state index in [-0.39, 0.29) is 0 Å². The maximum Gasteiger partial charge on any atom is 0.436 e. The van der Waals surface area contributed by atoms with Crippen molar-refractivity contribution in [1.29, 1.82) is 0 Å². The van der Waals surface area contributed by atoms with Gasteiger partial charge in [0.2, 0.25) is 6.23 Å². The molecule has 0 amide bonds. The van der Waals surface area contributed by atoms with Crippen molar-refractivity contribution < 1.29 is 25.0 Å². The van der Waals surface area contributed by atoms with Gasteiger partial charge in [0.05, 0.1) is 6.61 Å². The zero-order valence-corrected chi connectivity index (χ0v) is 8.58. The molecule has 0 bridgehead atoms. The lowest BCUT2D eigenvalue weighted by molar-refractivity contribution is -0.398. The van der Waals surface area contributed by atoms with E-state index >= 15 is 0 Å². The number of hydrogen-bond donors (Lipinski definition) is 3. The highest BCUT2D eigenvalue weighted by Crippen LogP contribution is 2.31. The Hall–Kier alpha value is -1.55. The number of rotatable bonds is 3. The number of hydrogen-bond acceptors (Lipinski definition) is 7. The summed E-state index contributed by atoms with van der Waals surface area (Å²) in [4.78, 5) is 13.4. The molecule has 0 unspecified atom stereocenters. The first-order valence-corrected chi connectivity index (χ1v) is 4.86. The summed E-state index contributed by atoms with van der Waals surface area (Å²) >= 11 is 0. The molecule has 0 radical (unpaired) electrons. The van der Waals surface area contributed by atoms with E-state index < -0.39 is 42.0 Å². The molecule has 9 nitrogen and oxygen atoms in total. The second-order valence-electron chi connectivity index (χ2n) is 3.62. The molecule has 17 heavy (non-hydrogen) atoms. The Morgan fingerprint density at radius 2 is 2.24 bits per heavy atom. The minimum atomic E-state index is -1.36. The van der Waals surface area contributed by atoms with Gasteiger partial charge in [-0.1, -0.05) is 4.98 Å². The molecule has 0 aromatic carbocycles. The van der Waals surface area contributed by atoms with Gasteiger partial charge in [0.15, 0.2) is 0 Å². The monoisotopic (exact) mass is 245 g/mol. The zero-order chi connectivity index (χ0) is 12.6. The van der Waals surface area contributed by atoms with Crippen molar-refractivity contribution >= 4 is 5.95 Å². The van der Waals surface area contributed by atoms with Gasteiger partial charge >= 0.3 is 5.95 Å². The van der Waals surface area contributed by atoms with Gasteiger partial charge in [-0.3, -0.25) is 0 Å². The van der Waals surface area contributed by atoms with Gasteiger partial charge in [-0.05, 0) is 4.92 Å². The van der Waals surface area contributed by atoms with Crippen LogP contribution in [0.15, 0.2) is 12.4 Å². The molecule has 2 rings (SSSR count). The summed E-state index contributed by atoms with van der Waals surface area (Å²) in [5.41, 5.74) is 0. The summed E-state index contributed by atoms with van der Waals surface area (Å²) in [6.45, 7) is -0.489. The van der Waals surface area contributed by atoms with Crippen molar-refractivity contribution in [3.63, 3.8) is 0 Å². The fourth-order valence-electron chi connectivity index (χ4n) is 1.76. The molecule has 1 fully saturated rings. The van der Waals surface area contributed by atoms with Crippen LogP contribution in [0.5, 0.6) is 0 Å². The van der Waals surface area contributed by atoms with Crippen molar-refractivity contribution in [1.82, 2.24) is 9.55 Å². The van der Waals surface area contributed by atoms with Gasteiger partial charge in [-0.2, -0.15) is 4.57 Å². The van der Waals surface area contributed by atoms with Crippen LogP contribution in [-0.2, 0) is 4.74 Å². The van der Waals surface area contributed by atoms with Crippen LogP contribution in [0.4, 0.5) is 5.95 Å². The molecule has 3 N–H and O–H groups in total. The van der Waals surface area contributed by atoms with Crippen LogP contribution >= 0.6 is 0 Å². The first-order chi connectivity index (χ1) is 8.06. The average molecular weight is 245 g/mol. The van der Waals surface area contributed by atoms with Gasteiger partial charge < -0.3 is 30.2 Å². The van der Waals surface area contributed by atoms with E-state index in [1.165, 1.54) is 12.4 Å². The fourth-order valence-corrected chi connectivity index (χ4v) is 1.76. The molecule has 0 aliphatic carbocycles. The lowest BCUT2D eigenvalue weighted by Crippen LogP contribution is -2.33. The van der Waals surface area contributed by atoms with Crippen LogP contribution in [-0.4, -0.2) is 54.7 Å². The summed E-state index contributed by atoms with van der Waals surface area (Å²) in [5, 5.41) is 38.7. The minimum Gasteiger partial charge on any atom is -0.394 e. The second kappa shape index (κ2) is 4.37. The molecule has 1 aliphatic rings. The topological polar surface area (TPSA) is 131 Å². The molecule has 0 saturated carbocycles. The predicted molar refractivity (Wildman–Crippen MR) is 51.9 cm³/mol. The minimum absolute atomic E-state index is 0.489. The summed E-state index contributed by atoms with van der Waals surface area (Å²) in [6, 6.07) is 0. The maximum absolute atomic E-state index is 10.7. The smallest absolute Gasteiger partial charge is 0.394 e. The molecule has 1 aromatic heterocycles. The van der Waals surface area contributed by atoms with E-state index in [2.05, 4.69) is 4.98 Å². The van der Waals surface area contributed by atoms with Gasteiger partial charge in [-0.25, -0.2) is 0 Å². The number of imidazole rings is 1. The third-order valence-corrected chi connectivity index (χ3v) is 2.60. The van der Waals surface area contributed by atoms with E-state index in [9.17, 15) is 20.3 Å². The van der Waals surface area contributed by atoms with Crippen molar-refractivity contribution in [2.24, 2.45) is 0 Å². The summed E-state index contributed by atoms with van der Waals surface area (Å²) in [5.74, 6) is -0.500. The molecule has 94 valence electrons. The molecule has 1 aliphatic heterocycles. The Labute approximate surface area is 95.0 Å². The first-order valence-electron chi connectivity index (χ1n) is 4.86. The standard InChI is InChI=1S/C8H11N3O6/c12-3-4-5(13)6(14)7(17-4)10-2-1-9-8(10)11(15)16/h1-2,4-7,12-14H,3H2/t4-,5+,6-,7+/m0/s1. The molecule has 1 saturated heterocycles. The first kappa shape index (κ1) is 11.9. The summed E-state index contributed by atoms with van der Waals surface area (Å²) in [7, 11) is 0. The maximum atomic E-state index is 10.7. The van der Waals surface area contributed by atoms with Crippen molar-refractivity contribution in [3.8, 4) is 0 Å². The van der Waals surface area contributed by atoms with Crippen molar-refractivity contribution in [3.05, 3.63) is 22.5 Å². The Bertz CT molecular complexity index is 421. The molecule has 9 heteroatoms. The largest absolute Gasteiger partial charge is 0.436 e. The number of aliphatic hydroxyl groups is 3. The van der Waals surface area contributed by atoms with E-state index in [0.29, 0.717) is 0 Å². The molecular weight excluding hydrogens is 234 g/mol. The molecule has 4 atom stereocenters. The fraction of sp³-hybridized carbons (Fsp3) is 0.625.